The van der Waals surface area contributed by atoms with Gasteiger partial charge in [-0.3, -0.25) is 0 Å². The maximum absolute atomic E-state index is 12.8. The number of halogens is 5. The Morgan fingerprint density at radius 2 is 2.05 bits per heavy atom. The lowest BCUT2D eigenvalue weighted by Crippen LogP contribution is -2.19. The van der Waals surface area contributed by atoms with E-state index in [0.717, 1.165) is 0 Å². The number of pyridine rings is 1. The van der Waals surface area contributed by atoms with Gasteiger partial charge in [0, 0.05) is 18.2 Å². The molecule has 0 radical (unpaired) electrons. The Balaban J connectivity index is 3.32. The molecule has 9 heteroatoms. The van der Waals surface area contributed by atoms with Crippen molar-refractivity contribution in [2.75, 3.05) is 0 Å². The van der Waals surface area contributed by atoms with Gasteiger partial charge in [-0.25, -0.2) is 13.8 Å². The molecule has 19 heavy (non-hydrogen) atoms. The first-order valence-electron chi connectivity index (χ1n) is 4.92. The maximum Gasteiger partial charge on any atom is 0.574 e. The molecule has 0 aliphatic rings. The van der Waals surface area contributed by atoms with Crippen LogP contribution in [0.2, 0.25) is 0 Å². The Labute approximate surface area is 104 Å². The second-order valence-corrected chi connectivity index (χ2v) is 3.37. The third kappa shape index (κ3) is 4.03. The summed E-state index contributed by atoms with van der Waals surface area (Å²) in [5.74, 6) is -0.914. The van der Waals surface area contributed by atoms with Crippen LogP contribution in [0.5, 0.6) is 5.88 Å². The van der Waals surface area contributed by atoms with Gasteiger partial charge in [0.15, 0.2) is 0 Å². The summed E-state index contributed by atoms with van der Waals surface area (Å²) in [5, 5.41) is 8.48. The van der Waals surface area contributed by atoms with Crippen molar-refractivity contribution in [3.8, 4) is 11.9 Å². The van der Waals surface area contributed by atoms with Crippen molar-refractivity contribution in [1.29, 1.82) is 5.26 Å². The second-order valence-electron chi connectivity index (χ2n) is 3.37. The van der Waals surface area contributed by atoms with Crippen molar-refractivity contribution in [2.45, 2.75) is 25.8 Å². The summed E-state index contributed by atoms with van der Waals surface area (Å²) >= 11 is 0. The standard InChI is InChI=1S/C10H8F5N3O/c11-9(12)8-5(4-17)3-7(19-10(13,14)15)18-6(8)1-2-16/h3,9H,1,4,17H2. The van der Waals surface area contributed by atoms with E-state index in [1.807, 2.05) is 0 Å². The zero-order valence-corrected chi connectivity index (χ0v) is 9.34. The van der Waals surface area contributed by atoms with Gasteiger partial charge in [-0.1, -0.05) is 0 Å². The molecule has 0 spiro atoms. The van der Waals surface area contributed by atoms with Crippen LogP contribution in [0.4, 0.5) is 22.0 Å². The molecular formula is C10H8F5N3O. The number of nitrogens with two attached hydrogens (primary N) is 1. The molecule has 0 fully saturated rings. The van der Waals surface area contributed by atoms with Crippen LogP contribution in [-0.2, 0) is 13.0 Å². The number of rotatable bonds is 4. The van der Waals surface area contributed by atoms with E-state index in [1.54, 1.807) is 6.07 Å². The minimum atomic E-state index is -5.00. The molecular weight excluding hydrogens is 273 g/mol. The molecule has 0 atom stereocenters. The topological polar surface area (TPSA) is 71.9 Å². The third-order valence-corrected chi connectivity index (χ3v) is 2.10. The molecule has 1 heterocycles. The van der Waals surface area contributed by atoms with Crippen LogP contribution in [0.15, 0.2) is 6.07 Å². The molecule has 1 rings (SSSR count). The molecule has 1 aromatic rings. The highest BCUT2D eigenvalue weighted by Crippen LogP contribution is 2.30. The van der Waals surface area contributed by atoms with Gasteiger partial charge in [0.2, 0.25) is 5.88 Å². The molecule has 0 bridgehead atoms. The van der Waals surface area contributed by atoms with Crippen LogP contribution >= 0.6 is 0 Å². The average molecular weight is 281 g/mol. The van der Waals surface area contributed by atoms with Crippen LogP contribution in [0, 0.1) is 11.3 Å². The van der Waals surface area contributed by atoms with Gasteiger partial charge >= 0.3 is 6.36 Å². The highest BCUT2D eigenvalue weighted by atomic mass is 19.4. The number of hydrogen-bond donors (Lipinski definition) is 1. The monoisotopic (exact) mass is 281 g/mol. The van der Waals surface area contributed by atoms with Crippen molar-refractivity contribution >= 4 is 0 Å². The van der Waals surface area contributed by atoms with Crippen LogP contribution in [-0.4, -0.2) is 11.3 Å². The Bertz CT molecular complexity index is 495. The summed E-state index contributed by atoms with van der Waals surface area (Å²) in [6.45, 7) is -0.422. The van der Waals surface area contributed by atoms with Crippen molar-refractivity contribution in [3.63, 3.8) is 0 Å². The third-order valence-electron chi connectivity index (χ3n) is 2.10. The number of hydrogen-bond acceptors (Lipinski definition) is 4. The fourth-order valence-electron chi connectivity index (χ4n) is 1.45. The summed E-state index contributed by atoms with van der Waals surface area (Å²) in [6.07, 6.45) is -8.56. The van der Waals surface area contributed by atoms with Crippen LogP contribution in [0.1, 0.15) is 23.2 Å². The molecule has 0 unspecified atom stereocenters. The van der Waals surface area contributed by atoms with Gasteiger partial charge in [0.1, 0.15) is 0 Å². The van der Waals surface area contributed by atoms with E-state index in [-0.39, 0.29) is 5.56 Å². The Kier molecular flexibility index (Phi) is 4.61. The first-order chi connectivity index (χ1) is 8.78. The van der Waals surface area contributed by atoms with E-state index >= 15 is 0 Å². The van der Waals surface area contributed by atoms with Crippen LogP contribution < -0.4 is 10.5 Å². The first kappa shape index (κ1) is 15.1. The van der Waals surface area contributed by atoms with Gasteiger partial charge < -0.3 is 10.5 Å². The van der Waals surface area contributed by atoms with Crippen molar-refractivity contribution in [3.05, 3.63) is 22.9 Å². The number of ether oxygens (including phenoxy) is 1. The Morgan fingerprint density at radius 3 is 2.47 bits per heavy atom. The predicted molar refractivity (Wildman–Crippen MR) is 53.1 cm³/mol. The van der Waals surface area contributed by atoms with E-state index in [4.69, 9.17) is 11.0 Å². The van der Waals surface area contributed by atoms with Gasteiger partial charge in [-0.05, 0) is 5.56 Å². The molecule has 0 aromatic carbocycles. The lowest BCUT2D eigenvalue weighted by Gasteiger charge is -2.14. The van der Waals surface area contributed by atoms with E-state index in [9.17, 15) is 22.0 Å². The summed E-state index contributed by atoms with van der Waals surface area (Å²) < 4.78 is 65.3. The van der Waals surface area contributed by atoms with Gasteiger partial charge in [-0.15, -0.1) is 13.2 Å². The molecule has 4 nitrogen and oxygen atoms in total. The van der Waals surface area contributed by atoms with E-state index in [2.05, 4.69) is 9.72 Å². The normalized spacial score (nSPS) is 11.5. The Hall–Kier alpha value is -1.95. The Morgan fingerprint density at radius 1 is 1.42 bits per heavy atom. The first-order valence-corrected chi connectivity index (χ1v) is 4.92. The summed E-state index contributed by atoms with van der Waals surface area (Å²) in [6, 6.07) is 2.24. The fraction of sp³-hybridized carbons (Fsp3) is 0.400. The number of aromatic nitrogens is 1. The average Bonchev–Trinajstić information content (AvgIpc) is 2.25. The maximum atomic E-state index is 12.8. The molecule has 1 aromatic heterocycles. The molecule has 0 aliphatic heterocycles. The summed E-state index contributed by atoms with van der Waals surface area (Å²) in [5.41, 5.74) is 3.87. The molecule has 0 saturated carbocycles. The SMILES string of the molecule is N#CCc1nc(OC(F)(F)F)cc(CN)c1C(F)F. The highest BCUT2D eigenvalue weighted by molar-refractivity contribution is 5.37. The van der Waals surface area contributed by atoms with Crippen molar-refractivity contribution in [2.24, 2.45) is 5.73 Å². The zero-order valence-electron chi connectivity index (χ0n) is 9.34. The number of alkyl halides is 5. The molecule has 0 aliphatic carbocycles. The quantitative estimate of drug-likeness (QED) is 0.860. The number of nitrogens with zero attached hydrogens (tertiary/aromatic N) is 2. The molecule has 0 saturated heterocycles. The van der Waals surface area contributed by atoms with Crippen LogP contribution in [0.25, 0.3) is 0 Å². The number of nitriles is 1. The minimum absolute atomic E-state index is 0.241. The van der Waals surface area contributed by atoms with Gasteiger partial charge in [0.25, 0.3) is 6.43 Å². The van der Waals surface area contributed by atoms with Crippen molar-refractivity contribution < 1.29 is 26.7 Å². The van der Waals surface area contributed by atoms with Gasteiger partial charge in [0.05, 0.1) is 18.2 Å². The lowest BCUT2D eigenvalue weighted by atomic mass is 10.0. The largest absolute Gasteiger partial charge is 0.574 e. The lowest BCUT2D eigenvalue weighted by molar-refractivity contribution is -0.276. The molecule has 104 valence electrons. The second kappa shape index (κ2) is 5.79. The summed E-state index contributed by atoms with van der Waals surface area (Å²) in [7, 11) is 0. The molecule has 0 amide bonds. The van der Waals surface area contributed by atoms with Crippen LogP contribution in [0.3, 0.4) is 0 Å². The van der Waals surface area contributed by atoms with E-state index < -0.39 is 42.9 Å². The predicted octanol–water partition coefficient (Wildman–Crippen LogP) is 2.44. The van der Waals surface area contributed by atoms with Gasteiger partial charge in [-0.2, -0.15) is 5.26 Å². The summed E-state index contributed by atoms with van der Waals surface area (Å²) in [4.78, 5) is 3.28. The van der Waals surface area contributed by atoms with E-state index in [0.29, 0.717) is 6.07 Å². The minimum Gasteiger partial charge on any atom is -0.388 e. The molecule has 2 N–H and O–H groups in total. The fourth-order valence-corrected chi connectivity index (χ4v) is 1.45. The van der Waals surface area contributed by atoms with Crippen molar-refractivity contribution in [1.82, 2.24) is 4.98 Å². The van der Waals surface area contributed by atoms with E-state index in [1.165, 1.54) is 0 Å². The highest BCUT2D eigenvalue weighted by Gasteiger charge is 2.33. The smallest absolute Gasteiger partial charge is 0.388 e. The zero-order chi connectivity index (χ0) is 14.6.